The van der Waals surface area contributed by atoms with Crippen LogP contribution >= 0.6 is 0 Å². The van der Waals surface area contributed by atoms with Crippen LogP contribution in [0.3, 0.4) is 0 Å². The summed E-state index contributed by atoms with van der Waals surface area (Å²) in [5.74, 6) is -0.603. The fourth-order valence-corrected chi connectivity index (χ4v) is 5.17. The summed E-state index contributed by atoms with van der Waals surface area (Å²) in [7, 11) is -2.30. The Labute approximate surface area is 124 Å². The van der Waals surface area contributed by atoms with Gasteiger partial charge in [0, 0.05) is 24.7 Å². The van der Waals surface area contributed by atoms with Gasteiger partial charge in [-0.3, -0.25) is 0 Å². The number of ether oxygens (including phenoxy) is 1. The molecular weight excluding hydrogens is 295 g/mol. The topological polar surface area (TPSA) is 58.6 Å². The van der Waals surface area contributed by atoms with E-state index in [4.69, 9.17) is 4.74 Å². The summed E-state index contributed by atoms with van der Waals surface area (Å²) < 4.78 is 45.8. The smallest absolute Gasteiger partial charge is 0.243 e. The zero-order valence-corrected chi connectivity index (χ0v) is 12.7. The molecule has 2 aliphatic rings. The molecule has 5 nitrogen and oxygen atoms in total. The highest BCUT2D eigenvalue weighted by molar-refractivity contribution is 7.89. The molecule has 0 radical (unpaired) electrons. The molecule has 0 aromatic heterocycles. The minimum absolute atomic E-state index is 0.0152. The highest BCUT2D eigenvalue weighted by Gasteiger charge is 2.43. The van der Waals surface area contributed by atoms with E-state index in [9.17, 15) is 12.8 Å². The van der Waals surface area contributed by atoms with Crippen LogP contribution in [0.25, 0.3) is 0 Å². The Morgan fingerprint density at radius 2 is 2.05 bits per heavy atom. The number of fused-ring (bicyclic) bond motifs is 2. The highest BCUT2D eigenvalue weighted by atomic mass is 32.2. The molecule has 1 N–H and O–H groups in total. The third kappa shape index (κ3) is 2.54. The Hall–Kier alpha value is -1.18. The van der Waals surface area contributed by atoms with Gasteiger partial charge in [-0.25, -0.2) is 12.8 Å². The number of sulfonamides is 1. The molecule has 0 spiro atoms. The molecule has 21 heavy (non-hydrogen) atoms. The van der Waals surface area contributed by atoms with Crippen molar-refractivity contribution >= 4 is 10.0 Å². The van der Waals surface area contributed by atoms with Gasteiger partial charge in [0.15, 0.2) is 11.6 Å². The van der Waals surface area contributed by atoms with Crippen LogP contribution < -0.4 is 10.1 Å². The fourth-order valence-electron chi connectivity index (χ4n) is 3.25. The summed E-state index contributed by atoms with van der Waals surface area (Å²) in [6.07, 6.45) is 2.58. The number of methoxy groups -OCH3 is 1. The van der Waals surface area contributed by atoms with Crippen molar-refractivity contribution in [1.29, 1.82) is 0 Å². The minimum atomic E-state index is -3.62. The maximum atomic E-state index is 13.5. The van der Waals surface area contributed by atoms with Crippen LogP contribution in [-0.2, 0) is 10.0 Å². The van der Waals surface area contributed by atoms with Gasteiger partial charge in [-0.2, -0.15) is 4.31 Å². The first kappa shape index (κ1) is 14.7. The lowest BCUT2D eigenvalue weighted by molar-refractivity contribution is 0.334. The van der Waals surface area contributed by atoms with E-state index in [1.807, 2.05) is 0 Å². The minimum Gasteiger partial charge on any atom is -0.494 e. The molecule has 2 saturated heterocycles. The van der Waals surface area contributed by atoms with Crippen molar-refractivity contribution < 1.29 is 17.5 Å². The van der Waals surface area contributed by atoms with Crippen LogP contribution in [0, 0.1) is 5.82 Å². The van der Waals surface area contributed by atoms with Crippen molar-refractivity contribution in [2.75, 3.05) is 20.2 Å². The summed E-state index contributed by atoms with van der Waals surface area (Å²) in [6, 6.07) is 3.74. The van der Waals surface area contributed by atoms with E-state index in [2.05, 4.69) is 5.32 Å². The molecule has 0 amide bonds. The predicted molar refractivity (Wildman–Crippen MR) is 76.3 cm³/mol. The summed E-state index contributed by atoms with van der Waals surface area (Å²) in [4.78, 5) is 0.0968. The monoisotopic (exact) mass is 314 g/mol. The number of nitrogens with one attached hydrogen (secondary N) is 1. The Morgan fingerprint density at radius 1 is 1.29 bits per heavy atom. The zero-order chi connectivity index (χ0) is 15.0. The molecular formula is C14H19FN2O3S. The van der Waals surface area contributed by atoms with Gasteiger partial charge >= 0.3 is 0 Å². The second kappa shape index (κ2) is 5.55. The highest BCUT2D eigenvalue weighted by Crippen LogP contribution is 2.34. The van der Waals surface area contributed by atoms with Crippen LogP contribution in [0.4, 0.5) is 4.39 Å². The van der Waals surface area contributed by atoms with Gasteiger partial charge in [0.25, 0.3) is 0 Å². The number of hydrogen-bond acceptors (Lipinski definition) is 4. The second-order valence-electron chi connectivity index (χ2n) is 5.51. The van der Waals surface area contributed by atoms with Crippen molar-refractivity contribution in [3.63, 3.8) is 0 Å². The maximum absolute atomic E-state index is 13.5. The first-order chi connectivity index (χ1) is 10.0. The molecule has 116 valence electrons. The molecule has 7 heteroatoms. The molecule has 0 aliphatic carbocycles. The summed E-state index contributed by atoms with van der Waals surface area (Å²) in [5.41, 5.74) is 0. The molecule has 2 heterocycles. The number of hydrogen-bond donors (Lipinski definition) is 1. The van der Waals surface area contributed by atoms with E-state index < -0.39 is 15.8 Å². The van der Waals surface area contributed by atoms with Crippen molar-refractivity contribution in [3.05, 3.63) is 24.0 Å². The Balaban J connectivity index is 2.00. The average molecular weight is 314 g/mol. The van der Waals surface area contributed by atoms with E-state index >= 15 is 0 Å². The third-order valence-corrected chi connectivity index (χ3v) is 6.29. The first-order valence-corrected chi connectivity index (χ1v) is 8.56. The molecule has 0 saturated carbocycles. The van der Waals surface area contributed by atoms with Gasteiger partial charge in [0.05, 0.1) is 12.0 Å². The van der Waals surface area contributed by atoms with Crippen LogP contribution in [0.1, 0.15) is 19.3 Å². The number of halogens is 1. The summed E-state index contributed by atoms with van der Waals surface area (Å²) in [6.45, 7) is 1.51. The second-order valence-corrected chi connectivity index (χ2v) is 7.35. The third-order valence-electron chi connectivity index (χ3n) is 4.29. The number of rotatable bonds is 3. The van der Waals surface area contributed by atoms with Crippen LogP contribution in [0.15, 0.2) is 23.1 Å². The van der Waals surface area contributed by atoms with E-state index in [1.54, 1.807) is 4.31 Å². The SMILES string of the molecule is COc1cc(S(=O)(=O)N2C3CCNCC2CC3)ccc1F. The Bertz CT molecular complexity index is 621. The number of benzene rings is 1. The Kier molecular flexibility index (Phi) is 3.90. The summed E-state index contributed by atoms with van der Waals surface area (Å²) >= 11 is 0. The molecule has 2 unspecified atom stereocenters. The predicted octanol–water partition coefficient (Wildman–Crippen LogP) is 1.35. The molecule has 2 atom stereocenters. The molecule has 1 aromatic carbocycles. The van der Waals surface area contributed by atoms with E-state index in [1.165, 1.54) is 19.2 Å². The largest absolute Gasteiger partial charge is 0.494 e. The van der Waals surface area contributed by atoms with Crippen LogP contribution in [-0.4, -0.2) is 45.0 Å². The van der Waals surface area contributed by atoms with Gasteiger partial charge in [0.1, 0.15) is 0 Å². The molecule has 2 fully saturated rings. The van der Waals surface area contributed by atoms with E-state index in [0.29, 0.717) is 6.54 Å². The van der Waals surface area contributed by atoms with Gasteiger partial charge in [0.2, 0.25) is 10.0 Å². The van der Waals surface area contributed by atoms with Gasteiger partial charge in [-0.15, -0.1) is 0 Å². The van der Waals surface area contributed by atoms with Crippen molar-refractivity contribution in [1.82, 2.24) is 9.62 Å². The van der Waals surface area contributed by atoms with Crippen molar-refractivity contribution in [3.8, 4) is 5.75 Å². The quantitative estimate of drug-likeness (QED) is 0.915. The molecule has 1 aromatic rings. The molecule has 2 bridgehead atoms. The van der Waals surface area contributed by atoms with Gasteiger partial charge in [-0.1, -0.05) is 0 Å². The lowest BCUT2D eigenvalue weighted by Crippen LogP contribution is -2.42. The summed E-state index contributed by atoms with van der Waals surface area (Å²) in [5, 5.41) is 3.27. The standard InChI is InChI=1S/C14H19FN2O3S/c1-20-14-8-12(4-5-13(14)15)21(18,19)17-10-2-3-11(17)9-16-7-6-10/h4-5,8,10-11,16H,2-3,6-7,9H2,1H3. The molecule has 2 aliphatic heterocycles. The van der Waals surface area contributed by atoms with E-state index in [-0.39, 0.29) is 22.7 Å². The fraction of sp³-hybridized carbons (Fsp3) is 0.571. The van der Waals surface area contributed by atoms with Crippen LogP contribution in [0.2, 0.25) is 0 Å². The lowest BCUT2D eigenvalue weighted by Gasteiger charge is -2.27. The lowest BCUT2D eigenvalue weighted by atomic mass is 10.1. The van der Waals surface area contributed by atoms with Crippen molar-refractivity contribution in [2.45, 2.75) is 36.2 Å². The van der Waals surface area contributed by atoms with Crippen molar-refractivity contribution in [2.24, 2.45) is 0 Å². The molecule has 3 rings (SSSR count). The maximum Gasteiger partial charge on any atom is 0.243 e. The normalized spacial score (nSPS) is 26.6. The van der Waals surface area contributed by atoms with Crippen LogP contribution in [0.5, 0.6) is 5.75 Å². The average Bonchev–Trinajstić information content (AvgIpc) is 2.73. The Morgan fingerprint density at radius 3 is 2.81 bits per heavy atom. The van der Waals surface area contributed by atoms with E-state index in [0.717, 1.165) is 31.9 Å². The van der Waals surface area contributed by atoms with Gasteiger partial charge in [-0.05, 0) is 37.9 Å². The van der Waals surface area contributed by atoms with Gasteiger partial charge < -0.3 is 10.1 Å². The number of nitrogens with zero attached hydrogens (tertiary/aromatic N) is 1. The first-order valence-electron chi connectivity index (χ1n) is 7.12. The zero-order valence-electron chi connectivity index (χ0n) is 11.9.